The van der Waals surface area contributed by atoms with Crippen molar-refractivity contribution in [2.24, 2.45) is 0 Å². The van der Waals surface area contributed by atoms with Crippen molar-refractivity contribution in [2.45, 2.75) is 6.92 Å². The molecule has 6 heteroatoms. The summed E-state index contributed by atoms with van der Waals surface area (Å²) >= 11 is 6.55. The minimum Gasteiger partial charge on any atom is -0.497 e. The highest BCUT2D eigenvalue weighted by Crippen LogP contribution is 2.34. The van der Waals surface area contributed by atoms with Gasteiger partial charge in [-0.25, -0.2) is 0 Å². The first-order valence-corrected chi connectivity index (χ1v) is 8.11. The van der Waals surface area contributed by atoms with Crippen molar-refractivity contribution < 1.29 is 14.3 Å². The van der Waals surface area contributed by atoms with E-state index in [1.54, 1.807) is 12.0 Å². The molecule has 1 amide bonds. The number of amides is 1. The second kappa shape index (κ2) is 6.14. The fourth-order valence-corrected chi connectivity index (χ4v) is 3.71. The zero-order valence-corrected chi connectivity index (χ0v) is 13.9. The molecule has 2 aliphatic heterocycles. The van der Waals surface area contributed by atoms with Crippen molar-refractivity contribution in [3.63, 3.8) is 0 Å². The summed E-state index contributed by atoms with van der Waals surface area (Å²) in [5.74, 6) is 1.52. The molecule has 1 aromatic rings. The third kappa shape index (κ3) is 2.76. The lowest BCUT2D eigenvalue weighted by molar-refractivity contribution is -0.122. The number of ether oxygens (including phenoxy) is 2. The summed E-state index contributed by atoms with van der Waals surface area (Å²) in [6.07, 6.45) is 3.89. The maximum Gasteiger partial charge on any atom is 0.266 e. The molecular weight excluding hydrogens is 318 g/mol. The number of fused-ring (bicyclic) bond motifs is 1. The largest absolute Gasteiger partial charge is 0.497 e. The molecule has 114 valence electrons. The third-order valence-corrected chi connectivity index (χ3v) is 4.84. The van der Waals surface area contributed by atoms with Crippen molar-refractivity contribution in [1.82, 2.24) is 4.90 Å². The predicted molar refractivity (Wildman–Crippen MR) is 92.1 cm³/mol. The van der Waals surface area contributed by atoms with E-state index in [0.29, 0.717) is 22.4 Å². The molecule has 3 rings (SSSR count). The van der Waals surface area contributed by atoms with E-state index in [1.165, 1.54) is 11.8 Å². The second-order valence-electron chi connectivity index (χ2n) is 4.84. The van der Waals surface area contributed by atoms with Gasteiger partial charge in [0.2, 0.25) is 0 Å². The monoisotopic (exact) mass is 333 g/mol. The Hall–Kier alpha value is -1.79. The normalized spacial score (nSPS) is 19.1. The molecular formula is C16H15NO3S2. The predicted octanol–water partition coefficient (Wildman–Crippen LogP) is 3.24. The molecule has 0 N–H and O–H groups in total. The van der Waals surface area contributed by atoms with E-state index in [9.17, 15) is 4.79 Å². The Labute approximate surface area is 138 Å². The van der Waals surface area contributed by atoms with Gasteiger partial charge in [0.25, 0.3) is 5.91 Å². The van der Waals surface area contributed by atoms with Gasteiger partial charge < -0.3 is 9.47 Å². The smallest absolute Gasteiger partial charge is 0.266 e. The molecule has 0 radical (unpaired) electrons. The number of carbonyl (C=O) groups excluding carboxylic acids is 1. The Morgan fingerprint density at radius 3 is 3.00 bits per heavy atom. The van der Waals surface area contributed by atoms with Crippen LogP contribution in [0.15, 0.2) is 34.8 Å². The topological polar surface area (TPSA) is 38.8 Å². The summed E-state index contributed by atoms with van der Waals surface area (Å²) in [7, 11) is 1.63. The third-order valence-electron chi connectivity index (χ3n) is 3.46. The summed E-state index contributed by atoms with van der Waals surface area (Å²) < 4.78 is 11.5. The van der Waals surface area contributed by atoms with Gasteiger partial charge in [-0.3, -0.25) is 9.69 Å². The summed E-state index contributed by atoms with van der Waals surface area (Å²) in [4.78, 5) is 14.5. The summed E-state index contributed by atoms with van der Waals surface area (Å²) in [6.45, 7) is 2.94. The number of nitrogens with zero attached hydrogens (tertiary/aromatic N) is 1. The van der Waals surface area contributed by atoms with Gasteiger partial charge in [0.15, 0.2) is 0 Å². The molecule has 1 aromatic carbocycles. The highest BCUT2D eigenvalue weighted by Gasteiger charge is 2.31. The van der Waals surface area contributed by atoms with Gasteiger partial charge in [0, 0.05) is 18.2 Å². The van der Waals surface area contributed by atoms with Crippen molar-refractivity contribution in [1.29, 1.82) is 0 Å². The van der Waals surface area contributed by atoms with Crippen LogP contribution in [0, 0.1) is 0 Å². The van der Waals surface area contributed by atoms with E-state index in [1.807, 2.05) is 37.3 Å². The maximum absolute atomic E-state index is 12.2. The Bertz CT molecular complexity index is 709. The Balaban J connectivity index is 1.87. The number of benzene rings is 1. The van der Waals surface area contributed by atoms with Crippen LogP contribution in [0.4, 0.5) is 0 Å². The standard InChI is InChI=1S/C16H15NO3S2/c1-3-17-15(18)14(22-16(17)21)7-10-6-11-4-5-12(19-2)8-13(11)20-9-10/h4-8H,3,9H2,1-2H3. The zero-order valence-electron chi connectivity index (χ0n) is 12.3. The first-order chi connectivity index (χ1) is 10.6. The maximum atomic E-state index is 12.2. The van der Waals surface area contributed by atoms with Crippen LogP contribution in [0.3, 0.4) is 0 Å². The lowest BCUT2D eigenvalue weighted by Crippen LogP contribution is -2.27. The van der Waals surface area contributed by atoms with Crippen LogP contribution < -0.4 is 9.47 Å². The number of hydrogen-bond donors (Lipinski definition) is 0. The summed E-state index contributed by atoms with van der Waals surface area (Å²) in [5.41, 5.74) is 1.93. The van der Waals surface area contributed by atoms with Crippen molar-refractivity contribution in [2.75, 3.05) is 20.3 Å². The fourth-order valence-electron chi connectivity index (χ4n) is 2.31. The van der Waals surface area contributed by atoms with Gasteiger partial charge in [-0.1, -0.05) is 24.0 Å². The number of carbonyl (C=O) groups is 1. The molecule has 0 bridgehead atoms. The number of rotatable bonds is 3. The number of thioether (sulfide) groups is 1. The average Bonchev–Trinajstić information content (AvgIpc) is 2.80. The molecule has 22 heavy (non-hydrogen) atoms. The summed E-state index contributed by atoms with van der Waals surface area (Å²) in [5, 5.41) is 0. The molecule has 0 unspecified atom stereocenters. The minimum absolute atomic E-state index is 0.0288. The van der Waals surface area contributed by atoms with Crippen LogP contribution in [0.1, 0.15) is 12.5 Å². The fraction of sp³-hybridized carbons (Fsp3) is 0.250. The first-order valence-electron chi connectivity index (χ1n) is 6.89. The number of likely N-dealkylation sites (N-methyl/N-ethyl adjacent to an activating group) is 1. The molecule has 4 nitrogen and oxygen atoms in total. The second-order valence-corrected chi connectivity index (χ2v) is 6.51. The molecule has 0 spiro atoms. The Kier molecular flexibility index (Phi) is 4.22. The van der Waals surface area contributed by atoms with Gasteiger partial charge in [-0.2, -0.15) is 0 Å². The molecule has 0 aromatic heterocycles. The molecule has 2 heterocycles. The van der Waals surface area contributed by atoms with Crippen molar-refractivity contribution in [3.8, 4) is 11.5 Å². The highest BCUT2D eigenvalue weighted by molar-refractivity contribution is 8.26. The lowest BCUT2D eigenvalue weighted by atomic mass is 10.1. The number of thiocarbonyl (C=S) groups is 1. The molecule has 0 saturated carbocycles. The van der Waals surface area contributed by atoms with Gasteiger partial charge in [0.05, 0.1) is 12.0 Å². The summed E-state index contributed by atoms with van der Waals surface area (Å²) in [6, 6.07) is 5.69. The average molecular weight is 333 g/mol. The van der Waals surface area contributed by atoms with Gasteiger partial charge in [0.1, 0.15) is 22.4 Å². The van der Waals surface area contributed by atoms with Gasteiger partial charge in [-0.05, 0) is 36.8 Å². The van der Waals surface area contributed by atoms with E-state index in [2.05, 4.69) is 0 Å². The first kappa shape index (κ1) is 15.1. The van der Waals surface area contributed by atoms with Crippen molar-refractivity contribution in [3.05, 3.63) is 40.3 Å². The van der Waals surface area contributed by atoms with Crippen molar-refractivity contribution >= 4 is 40.3 Å². The Morgan fingerprint density at radius 1 is 1.50 bits per heavy atom. The van der Waals surface area contributed by atoms with Crippen LogP contribution >= 0.6 is 24.0 Å². The van der Waals surface area contributed by atoms with Crippen LogP contribution in [-0.4, -0.2) is 35.4 Å². The zero-order chi connectivity index (χ0) is 15.7. The van der Waals surface area contributed by atoms with Crippen LogP contribution in [-0.2, 0) is 4.79 Å². The SMILES string of the molecule is CCN1C(=O)C(=CC2=Cc3ccc(OC)cc3OC2)SC1=S. The van der Waals surface area contributed by atoms with Crippen LogP contribution in [0.5, 0.6) is 11.5 Å². The molecule has 0 aliphatic carbocycles. The number of methoxy groups -OCH3 is 1. The van der Waals surface area contributed by atoms with E-state index in [-0.39, 0.29) is 5.91 Å². The van der Waals surface area contributed by atoms with E-state index < -0.39 is 0 Å². The number of hydrogen-bond acceptors (Lipinski definition) is 5. The Morgan fingerprint density at radius 2 is 2.32 bits per heavy atom. The molecule has 1 saturated heterocycles. The molecule has 1 fully saturated rings. The molecule has 0 atom stereocenters. The quantitative estimate of drug-likeness (QED) is 0.627. The van der Waals surface area contributed by atoms with Gasteiger partial charge >= 0.3 is 0 Å². The van der Waals surface area contributed by atoms with E-state index >= 15 is 0 Å². The van der Waals surface area contributed by atoms with Crippen LogP contribution in [0.25, 0.3) is 6.08 Å². The van der Waals surface area contributed by atoms with Gasteiger partial charge in [-0.15, -0.1) is 0 Å². The minimum atomic E-state index is -0.0288. The van der Waals surface area contributed by atoms with E-state index in [4.69, 9.17) is 21.7 Å². The van der Waals surface area contributed by atoms with E-state index in [0.717, 1.165) is 22.6 Å². The molecule has 2 aliphatic rings. The highest BCUT2D eigenvalue weighted by atomic mass is 32.2. The van der Waals surface area contributed by atoms with Crippen LogP contribution in [0.2, 0.25) is 0 Å². The lowest BCUT2D eigenvalue weighted by Gasteiger charge is -2.17.